The summed E-state index contributed by atoms with van der Waals surface area (Å²) in [5, 5.41) is 1.66. The van der Waals surface area contributed by atoms with E-state index in [1.807, 2.05) is 18.2 Å². The predicted octanol–water partition coefficient (Wildman–Crippen LogP) is 10.3. The summed E-state index contributed by atoms with van der Waals surface area (Å²) in [5.74, 6) is -2.32. The Labute approximate surface area is 346 Å². The third-order valence-electron chi connectivity index (χ3n) is 14.4. The van der Waals surface area contributed by atoms with Crippen molar-refractivity contribution < 1.29 is 19.2 Å². The molecule has 6 heteroatoms. The lowest BCUT2D eigenvalue weighted by Crippen LogP contribution is -2.43. The first-order valence-electron chi connectivity index (χ1n) is 20.9. The van der Waals surface area contributed by atoms with E-state index < -0.39 is 0 Å². The fourth-order valence-corrected chi connectivity index (χ4v) is 12.1. The minimum atomic E-state index is -0.315. The van der Waals surface area contributed by atoms with E-state index >= 15 is 0 Å². The van der Waals surface area contributed by atoms with Crippen molar-refractivity contribution in [3.05, 3.63) is 206 Å². The van der Waals surface area contributed by atoms with Gasteiger partial charge in [0, 0.05) is 71.0 Å². The lowest BCUT2D eigenvalue weighted by molar-refractivity contribution is -0.121. The molecule has 4 amide bonds. The van der Waals surface area contributed by atoms with Gasteiger partial charge in [-0.1, -0.05) is 115 Å². The van der Waals surface area contributed by atoms with Gasteiger partial charge in [0.1, 0.15) is 0 Å². The maximum Gasteiger partial charge on any atom is 0.261 e. The van der Waals surface area contributed by atoms with E-state index in [9.17, 15) is 19.2 Å². The Balaban J connectivity index is 1.31. The summed E-state index contributed by atoms with van der Waals surface area (Å²) >= 11 is 0. The van der Waals surface area contributed by atoms with Gasteiger partial charge in [0.15, 0.2) is 0 Å². The molecule has 0 radical (unpaired) electrons. The second-order valence-corrected chi connectivity index (χ2v) is 17.2. The van der Waals surface area contributed by atoms with Gasteiger partial charge >= 0.3 is 0 Å². The van der Waals surface area contributed by atoms with Gasteiger partial charge in [0.05, 0.1) is 0 Å². The first-order valence-corrected chi connectivity index (χ1v) is 20.9. The molecular formula is C54H36N2O4. The van der Waals surface area contributed by atoms with Crippen LogP contribution in [-0.2, 0) is 4.79 Å². The van der Waals surface area contributed by atoms with Crippen LogP contribution >= 0.6 is 0 Å². The number of carbonyl (C=O) groups excluding carboxylic acids is 4. The minimum absolute atomic E-state index is 0.242. The molecule has 4 atom stereocenters. The van der Waals surface area contributed by atoms with Crippen molar-refractivity contribution in [2.24, 2.45) is 5.92 Å². The number of likely N-dealkylation sites (N-methyl/N-ethyl adjacent to an activating group) is 1. The molecule has 5 aliphatic carbocycles. The van der Waals surface area contributed by atoms with Crippen LogP contribution in [0.1, 0.15) is 112 Å². The van der Waals surface area contributed by atoms with Crippen LogP contribution in [0.2, 0.25) is 0 Å². The van der Waals surface area contributed by atoms with Crippen LogP contribution < -0.4 is 0 Å². The van der Waals surface area contributed by atoms with Crippen molar-refractivity contribution in [1.82, 2.24) is 9.80 Å². The summed E-state index contributed by atoms with van der Waals surface area (Å²) in [7, 11) is 3.20. The normalized spacial score (nSPS) is 22.5. The Kier molecular flexibility index (Phi) is 6.60. The van der Waals surface area contributed by atoms with Crippen LogP contribution in [0.5, 0.6) is 0 Å². The number of nitrogens with zero attached hydrogens (tertiary/aromatic N) is 2. The first kappa shape index (κ1) is 33.8. The Morgan fingerprint density at radius 3 is 1.77 bits per heavy atom. The number of amides is 4. The molecule has 6 aromatic carbocycles. The summed E-state index contributed by atoms with van der Waals surface area (Å²) in [6.07, 6.45) is 10.7. The molecule has 0 aromatic heterocycles. The van der Waals surface area contributed by atoms with Crippen molar-refractivity contribution in [2.45, 2.75) is 30.6 Å². The van der Waals surface area contributed by atoms with E-state index in [-0.39, 0.29) is 47.3 Å². The highest BCUT2D eigenvalue weighted by molar-refractivity contribution is 6.34. The monoisotopic (exact) mass is 776 g/mol. The van der Waals surface area contributed by atoms with Crippen molar-refractivity contribution in [3.63, 3.8) is 0 Å². The molecule has 0 spiro atoms. The number of benzene rings is 6. The molecule has 7 aliphatic rings. The average molecular weight is 777 g/mol. The van der Waals surface area contributed by atoms with Gasteiger partial charge in [-0.2, -0.15) is 0 Å². The zero-order valence-electron chi connectivity index (χ0n) is 33.0. The van der Waals surface area contributed by atoms with Crippen LogP contribution in [0.15, 0.2) is 139 Å². The highest BCUT2D eigenvalue weighted by Gasteiger charge is 2.54. The molecule has 6 nitrogen and oxygen atoms in total. The van der Waals surface area contributed by atoms with Gasteiger partial charge in [-0.3, -0.25) is 29.0 Å². The van der Waals surface area contributed by atoms with Crippen LogP contribution in [0.3, 0.4) is 0 Å². The summed E-state index contributed by atoms with van der Waals surface area (Å²) in [5.41, 5.74) is 16.5. The molecule has 6 aromatic rings. The Morgan fingerprint density at radius 2 is 1.12 bits per heavy atom. The molecular weight excluding hydrogens is 741 g/mol. The molecule has 0 fully saturated rings. The number of hydrogen-bond donors (Lipinski definition) is 0. The maximum atomic E-state index is 14.6. The lowest BCUT2D eigenvalue weighted by atomic mass is 9.53. The zero-order chi connectivity index (χ0) is 40.3. The molecule has 286 valence electrons. The number of imide groups is 2. The molecule has 0 saturated carbocycles. The molecule has 13 rings (SSSR count). The topological polar surface area (TPSA) is 74.8 Å². The van der Waals surface area contributed by atoms with E-state index in [0.29, 0.717) is 27.6 Å². The van der Waals surface area contributed by atoms with Gasteiger partial charge in [-0.15, -0.1) is 0 Å². The molecule has 0 N–H and O–H groups in total. The van der Waals surface area contributed by atoms with Crippen molar-refractivity contribution in [2.75, 3.05) is 14.1 Å². The maximum absolute atomic E-state index is 14.6. The Morgan fingerprint density at radius 1 is 0.533 bits per heavy atom. The molecule has 0 saturated heterocycles. The van der Waals surface area contributed by atoms with Crippen LogP contribution in [-0.4, -0.2) is 47.5 Å². The number of rotatable bonds is 4. The second kappa shape index (κ2) is 11.7. The quantitative estimate of drug-likeness (QED) is 0.167. The van der Waals surface area contributed by atoms with Crippen molar-refractivity contribution >= 4 is 51.1 Å². The van der Waals surface area contributed by atoms with Gasteiger partial charge in [-0.05, 0) is 109 Å². The average Bonchev–Trinajstić information content (AvgIpc) is 3.30. The van der Waals surface area contributed by atoms with Gasteiger partial charge < -0.3 is 0 Å². The smallest absolute Gasteiger partial charge is 0.261 e. The predicted molar refractivity (Wildman–Crippen MR) is 233 cm³/mol. The Hall–Kier alpha value is -7.18. The molecule has 2 heterocycles. The standard InChI is InChI=1S/C54H36N2O4/c1-55-51(57)35-23-31-39(27-15-7-3-8-16-27)41(29-19-11-5-12-20-29)33-25-37-44-38(54(60)56(2)53(37)59)26-34-42(30-21-13-6-14-22-30)40(28-17-9-4-10-18-28)32-24-36(52(55)58)43(35)49-45(31)47(33)50(44)48(34)46(32)49/h3-5,7-13,15-26,32,39,41,46H,6,14H2,1-2H3. The van der Waals surface area contributed by atoms with E-state index in [4.69, 9.17) is 0 Å². The number of carbonyl (C=O) groups is 4. The third kappa shape index (κ3) is 4.03. The summed E-state index contributed by atoms with van der Waals surface area (Å²) in [4.78, 5) is 61.1. The SMILES string of the molecule is CN1C(=O)C2=CC3C(c4ccccc4)=C(C4=CCCC=C4)c4cc5c6c(cc7c8c6c4C3c3c2c(cc(c3-8)C(c2ccccc2)C7c2ccccc2)C1=O)C(=O)N(C)C5=O. The van der Waals surface area contributed by atoms with E-state index in [1.165, 1.54) is 9.80 Å². The van der Waals surface area contributed by atoms with Gasteiger partial charge in [0.2, 0.25) is 0 Å². The van der Waals surface area contributed by atoms with Crippen LogP contribution in [0, 0.1) is 5.92 Å². The highest BCUT2D eigenvalue weighted by Crippen LogP contribution is 2.68. The zero-order valence-corrected chi connectivity index (χ0v) is 33.0. The highest BCUT2D eigenvalue weighted by atomic mass is 16.2. The molecule has 2 aliphatic heterocycles. The molecule has 4 unspecified atom stereocenters. The third-order valence-corrected chi connectivity index (χ3v) is 14.4. The fraction of sp³-hybridized carbons (Fsp3) is 0.148. The van der Waals surface area contributed by atoms with Gasteiger partial charge in [0.25, 0.3) is 23.6 Å². The van der Waals surface area contributed by atoms with Crippen molar-refractivity contribution in [3.8, 4) is 11.1 Å². The lowest BCUT2D eigenvalue weighted by Gasteiger charge is -2.50. The summed E-state index contributed by atoms with van der Waals surface area (Å²) < 4.78 is 0. The summed E-state index contributed by atoms with van der Waals surface area (Å²) in [6.45, 7) is 0. The van der Waals surface area contributed by atoms with Crippen LogP contribution in [0.25, 0.3) is 38.6 Å². The molecule has 60 heavy (non-hydrogen) atoms. The largest absolute Gasteiger partial charge is 0.277 e. The summed E-state index contributed by atoms with van der Waals surface area (Å²) in [6, 6.07) is 37.6. The first-order chi connectivity index (χ1) is 29.3. The van der Waals surface area contributed by atoms with E-state index in [0.717, 1.165) is 96.1 Å². The minimum Gasteiger partial charge on any atom is -0.277 e. The van der Waals surface area contributed by atoms with Crippen molar-refractivity contribution in [1.29, 1.82) is 0 Å². The molecule has 0 bridgehead atoms. The fourth-order valence-electron chi connectivity index (χ4n) is 12.1. The Bertz CT molecular complexity index is 3210. The van der Waals surface area contributed by atoms with Gasteiger partial charge in [-0.25, -0.2) is 0 Å². The van der Waals surface area contributed by atoms with E-state index in [2.05, 4.69) is 115 Å². The number of hydrogen-bond acceptors (Lipinski definition) is 4. The second-order valence-electron chi connectivity index (χ2n) is 17.2. The number of allylic oxidation sites excluding steroid dienone is 7. The van der Waals surface area contributed by atoms with Crippen LogP contribution in [0.4, 0.5) is 0 Å². The van der Waals surface area contributed by atoms with E-state index in [1.54, 1.807) is 14.1 Å².